The van der Waals surface area contributed by atoms with Gasteiger partial charge in [-0.05, 0) is 12.1 Å². The highest BCUT2D eigenvalue weighted by molar-refractivity contribution is 6.35. The number of hydrogen-bond donors (Lipinski definition) is 2. The van der Waals surface area contributed by atoms with Crippen LogP contribution in [0.25, 0.3) is 10.9 Å². The van der Waals surface area contributed by atoms with E-state index in [0.29, 0.717) is 24.7 Å². The fraction of sp³-hybridized carbons (Fsp3) is 0.286. The highest BCUT2D eigenvalue weighted by atomic mass is 35.5. The third kappa shape index (κ3) is 2.30. The maximum atomic E-state index is 11.5. The van der Waals surface area contributed by atoms with Crippen LogP contribution in [-0.2, 0) is 11.3 Å². The number of anilines is 1. The molecule has 0 radical (unpaired) electrons. The summed E-state index contributed by atoms with van der Waals surface area (Å²) in [5, 5.41) is 4.37. The molecule has 0 aliphatic carbocycles. The van der Waals surface area contributed by atoms with Gasteiger partial charge in [0.15, 0.2) is 0 Å². The number of rotatable bonds is 2. The van der Waals surface area contributed by atoms with E-state index in [1.807, 2.05) is 29.2 Å². The summed E-state index contributed by atoms with van der Waals surface area (Å²) in [7, 11) is 0. The number of carbonyl (C=O) groups is 1. The van der Waals surface area contributed by atoms with Gasteiger partial charge in [0.1, 0.15) is 5.82 Å². The van der Waals surface area contributed by atoms with Crippen LogP contribution in [0.3, 0.4) is 0 Å². The van der Waals surface area contributed by atoms with Crippen LogP contribution in [0.1, 0.15) is 5.56 Å². The first-order valence-electron chi connectivity index (χ1n) is 6.49. The molecule has 1 amide bonds. The molecule has 0 bridgehead atoms. The molecule has 2 heterocycles. The summed E-state index contributed by atoms with van der Waals surface area (Å²) in [4.78, 5) is 18.1. The normalized spacial score (nSPS) is 15.5. The van der Waals surface area contributed by atoms with Crippen LogP contribution in [0.2, 0.25) is 5.02 Å². The van der Waals surface area contributed by atoms with Gasteiger partial charge in [-0.3, -0.25) is 4.79 Å². The summed E-state index contributed by atoms with van der Waals surface area (Å²) < 4.78 is 0. The van der Waals surface area contributed by atoms with Gasteiger partial charge >= 0.3 is 0 Å². The van der Waals surface area contributed by atoms with Crippen molar-refractivity contribution in [3.05, 3.63) is 34.9 Å². The van der Waals surface area contributed by atoms with E-state index < -0.39 is 0 Å². The maximum Gasteiger partial charge on any atom is 0.239 e. The number of hydrogen-bond acceptors (Lipinski definition) is 4. The highest BCUT2D eigenvalue weighted by Crippen LogP contribution is 2.28. The van der Waals surface area contributed by atoms with E-state index in [2.05, 4.69) is 10.3 Å². The van der Waals surface area contributed by atoms with Crippen LogP contribution in [0.4, 0.5) is 5.82 Å². The summed E-state index contributed by atoms with van der Waals surface area (Å²) in [5.41, 5.74) is 7.49. The molecule has 20 heavy (non-hydrogen) atoms. The van der Waals surface area contributed by atoms with Crippen molar-refractivity contribution in [2.45, 2.75) is 6.54 Å². The Bertz CT molecular complexity index is 674. The lowest BCUT2D eigenvalue weighted by Crippen LogP contribution is -2.48. The summed E-state index contributed by atoms with van der Waals surface area (Å²) >= 11 is 6.20. The number of nitrogens with two attached hydrogens (primary N) is 1. The first-order chi connectivity index (χ1) is 9.69. The molecule has 3 N–H and O–H groups in total. The van der Waals surface area contributed by atoms with Gasteiger partial charge in [0.2, 0.25) is 5.91 Å². The minimum Gasteiger partial charge on any atom is -0.353 e. The Labute approximate surface area is 121 Å². The standard InChI is InChI=1S/C14H15ClN4O/c15-11-3-1-2-9-6-10(7-16)14(18-13(9)11)19-5-4-17-12(20)8-19/h1-3,6H,4-5,7-8,16H2,(H,17,20). The van der Waals surface area contributed by atoms with Gasteiger partial charge in [-0.25, -0.2) is 4.98 Å². The number of para-hydroxylation sites is 1. The van der Waals surface area contributed by atoms with Crippen molar-refractivity contribution >= 4 is 34.2 Å². The molecule has 1 aliphatic heterocycles. The molecule has 1 aromatic carbocycles. The van der Waals surface area contributed by atoms with E-state index in [4.69, 9.17) is 17.3 Å². The molecule has 0 spiro atoms. The molecule has 104 valence electrons. The van der Waals surface area contributed by atoms with Crippen LogP contribution in [-0.4, -0.2) is 30.5 Å². The van der Waals surface area contributed by atoms with Crippen molar-refractivity contribution in [1.29, 1.82) is 0 Å². The van der Waals surface area contributed by atoms with E-state index in [9.17, 15) is 4.79 Å². The quantitative estimate of drug-likeness (QED) is 0.874. The first kappa shape index (κ1) is 13.1. The second-order valence-corrected chi connectivity index (χ2v) is 5.17. The van der Waals surface area contributed by atoms with Gasteiger partial charge in [0, 0.05) is 30.6 Å². The van der Waals surface area contributed by atoms with Crippen molar-refractivity contribution in [2.24, 2.45) is 5.73 Å². The lowest BCUT2D eigenvalue weighted by atomic mass is 10.1. The van der Waals surface area contributed by atoms with E-state index >= 15 is 0 Å². The number of fused-ring (bicyclic) bond motifs is 1. The zero-order chi connectivity index (χ0) is 14.1. The monoisotopic (exact) mass is 290 g/mol. The van der Waals surface area contributed by atoms with E-state index in [1.54, 1.807) is 0 Å². The van der Waals surface area contributed by atoms with Crippen molar-refractivity contribution in [1.82, 2.24) is 10.3 Å². The molecule has 1 saturated heterocycles. The van der Waals surface area contributed by atoms with Gasteiger partial charge < -0.3 is 16.0 Å². The van der Waals surface area contributed by atoms with Crippen molar-refractivity contribution in [2.75, 3.05) is 24.5 Å². The van der Waals surface area contributed by atoms with Gasteiger partial charge in [-0.15, -0.1) is 0 Å². The smallest absolute Gasteiger partial charge is 0.239 e. The number of pyridine rings is 1. The second-order valence-electron chi connectivity index (χ2n) is 4.76. The lowest BCUT2D eigenvalue weighted by molar-refractivity contribution is -0.120. The van der Waals surface area contributed by atoms with E-state index in [0.717, 1.165) is 28.8 Å². The highest BCUT2D eigenvalue weighted by Gasteiger charge is 2.20. The largest absolute Gasteiger partial charge is 0.353 e. The van der Waals surface area contributed by atoms with Crippen molar-refractivity contribution < 1.29 is 4.79 Å². The molecule has 5 nitrogen and oxygen atoms in total. The number of benzene rings is 1. The Morgan fingerprint density at radius 2 is 2.30 bits per heavy atom. The molecule has 1 fully saturated rings. The molecule has 1 aliphatic rings. The number of aromatic nitrogens is 1. The fourth-order valence-electron chi connectivity index (χ4n) is 2.44. The number of amides is 1. The number of nitrogens with zero attached hydrogens (tertiary/aromatic N) is 2. The summed E-state index contributed by atoms with van der Waals surface area (Å²) in [6, 6.07) is 7.66. The van der Waals surface area contributed by atoms with Crippen LogP contribution in [0.5, 0.6) is 0 Å². The Kier molecular flexibility index (Phi) is 3.46. The third-order valence-corrected chi connectivity index (χ3v) is 3.72. The Hall–Kier alpha value is -1.85. The Morgan fingerprint density at radius 3 is 3.05 bits per heavy atom. The van der Waals surface area contributed by atoms with Crippen LogP contribution in [0.15, 0.2) is 24.3 Å². The molecule has 0 atom stereocenters. The molecular weight excluding hydrogens is 276 g/mol. The zero-order valence-electron chi connectivity index (χ0n) is 10.9. The molecule has 2 aromatic rings. The maximum absolute atomic E-state index is 11.5. The van der Waals surface area contributed by atoms with Crippen LogP contribution in [0, 0.1) is 0 Å². The Morgan fingerprint density at radius 1 is 1.45 bits per heavy atom. The number of halogens is 1. The predicted octanol–water partition coefficient (Wildman–Crippen LogP) is 1.28. The fourth-order valence-corrected chi connectivity index (χ4v) is 2.66. The molecular formula is C14H15ClN4O. The summed E-state index contributed by atoms with van der Waals surface area (Å²) in [5.74, 6) is 0.753. The predicted molar refractivity (Wildman–Crippen MR) is 79.9 cm³/mol. The molecule has 6 heteroatoms. The Balaban J connectivity index is 2.12. The summed E-state index contributed by atoms with van der Waals surface area (Å²) in [6.07, 6.45) is 0. The van der Waals surface area contributed by atoms with Crippen LogP contribution < -0.4 is 16.0 Å². The van der Waals surface area contributed by atoms with Gasteiger partial charge in [-0.2, -0.15) is 0 Å². The molecule has 0 saturated carbocycles. The second kappa shape index (κ2) is 5.26. The van der Waals surface area contributed by atoms with Gasteiger partial charge in [0.25, 0.3) is 0 Å². The summed E-state index contributed by atoms with van der Waals surface area (Å²) in [6.45, 7) is 2.02. The topological polar surface area (TPSA) is 71.2 Å². The number of carbonyl (C=O) groups excluding carboxylic acids is 1. The molecule has 1 aromatic heterocycles. The van der Waals surface area contributed by atoms with Gasteiger partial charge in [-0.1, -0.05) is 23.7 Å². The molecule has 0 unspecified atom stereocenters. The van der Waals surface area contributed by atoms with Gasteiger partial charge in [0.05, 0.1) is 17.1 Å². The van der Waals surface area contributed by atoms with E-state index in [1.165, 1.54) is 0 Å². The number of piperazine rings is 1. The van der Waals surface area contributed by atoms with Crippen molar-refractivity contribution in [3.63, 3.8) is 0 Å². The molecule has 3 rings (SSSR count). The minimum atomic E-state index is 0.000256. The minimum absolute atomic E-state index is 0.000256. The third-order valence-electron chi connectivity index (χ3n) is 3.41. The SMILES string of the molecule is NCc1cc2cccc(Cl)c2nc1N1CCNC(=O)C1. The van der Waals surface area contributed by atoms with E-state index in [-0.39, 0.29) is 5.91 Å². The van der Waals surface area contributed by atoms with Crippen LogP contribution >= 0.6 is 11.6 Å². The van der Waals surface area contributed by atoms with Crippen molar-refractivity contribution in [3.8, 4) is 0 Å². The number of nitrogens with one attached hydrogen (secondary N) is 1. The average Bonchev–Trinajstić information content (AvgIpc) is 2.46. The average molecular weight is 291 g/mol. The zero-order valence-corrected chi connectivity index (χ0v) is 11.7. The first-order valence-corrected chi connectivity index (χ1v) is 6.86. The lowest BCUT2D eigenvalue weighted by Gasteiger charge is -2.29.